The van der Waals surface area contributed by atoms with Crippen LogP contribution in [0.4, 0.5) is 0 Å². The Labute approximate surface area is 79.0 Å². The molecule has 0 bridgehead atoms. The predicted molar refractivity (Wildman–Crippen MR) is 50.3 cm³/mol. The lowest BCUT2D eigenvalue weighted by Gasteiger charge is -2.41. The molecule has 13 heavy (non-hydrogen) atoms. The lowest BCUT2D eigenvalue weighted by molar-refractivity contribution is -0.155. The summed E-state index contributed by atoms with van der Waals surface area (Å²) >= 11 is 0. The van der Waals surface area contributed by atoms with E-state index in [4.69, 9.17) is 10.5 Å². The molecular weight excluding hydrogens is 168 g/mol. The van der Waals surface area contributed by atoms with Crippen molar-refractivity contribution in [2.75, 3.05) is 19.7 Å². The highest BCUT2D eigenvalue weighted by molar-refractivity contribution is 5.78. The van der Waals surface area contributed by atoms with Crippen molar-refractivity contribution in [3.8, 4) is 0 Å². The molecule has 0 radical (unpaired) electrons. The van der Waals surface area contributed by atoms with Gasteiger partial charge in [0, 0.05) is 18.6 Å². The Morgan fingerprint density at radius 1 is 1.62 bits per heavy atom. The van der Waals surface area contributed by atoms with Crippen molar-refractivity contribution in [2.45, 2.75) is 32.4 Å². The molecule has 4 heteroatoms. The Morgan fingerprint density at radius 2 is 2.23 bits per heavy atom. The summed E-state index contributed by atoms with van der Waals surface area (Å²) in [6.45, 7) is 7.30. The van der Waals surface area contributed by atoms with Crippen LogP contribution >= 0.6 is 0 Å². The van der Waals surface area contributed by atoms with E-state index in [1.165, 1.54) is 0 Å². The van der Waals surface area contributed by atoms with Gasteiger partial charge in [-0.05, 0) is 20.8 Å². The van der Waals surface area contributed by atoms with Crippen molar-refractivity contribution in [3.63, 3.8) is 0 Å². The van der Waals surface area contributed by atoms with E-state index < -0.39 is 0 Å². The lowest BCUT2D eigenvalue weighted by atomic mass is 10.0. The van der Waals surface area contributed by atoms with Crippen LogP contribution < -0.4 is 5.73 Å². The van der Waals surface area contributed by atoms with Gasteiger partial charge in [0.15, 0.2) is 0 Å². The van der Waals surface area contributed by atoms with Gasteiger partial charge in [0.05, 0.1) is 6.10 Å². The minimum atomic E-state index is -0.131. The Hall–Kier alpha value is -0.610. The highest BCUT2D eigenvalue weighted by Crippen LogP contribution is 2.17. The fourth-order valence-corrected chi connectivity index (χ4v) is 1.42. The standard InChI is InChI=1S/C9H18N2O2/c1-9(2,3)11-5-7(4-10)13-6-8(11)12/h7H,4-6,10H2,1-3H3. The Kier molecular flexibility index (Phi) is 2.93. The highest BCUT2D eigenvalue weighted by atomic mass is 16.5. The third-order valence-corrected chi connectivity index (χ3v) is 2.20. The van der Waals surface area contributed by atoms with E-state index in [0.29, 0.717) is 13.1 Å². The molecule has 0 aromatic rings. The average molecular weight is 186 g/mol. The fraction of sp³-hybridized carbons (Fsp3) is 0.889. The zero-order valence-electron chi connectivity index (χ0n) is 8.54. The maximum Gasteiger partial charge on any atom is 0.249 e. The lowest BCUT2D eigenvalue weighted by Crippen LogP contribution is -2.56. The summed E-state index contributed by atoms with van der Waals surface area (Å²) in [5.41, 5.74) is 5.36. The van der Waals surface area contributed by atoms with Gasteiger partial charge in [-0.2, -0.15) is 0 Å². The molecule has 1 rings (SSSR count). The maximum atomic E-state index is 11.5. The molecule has 2 N–H and O–H groups in total. The van der Waals surface area contributed by atoms with Gasteiger partial charge in [-0.25, -0.2) is 0 Å². The van der Waals surface area contributed by atoms with E-state index in [1.807, 2.05) is 25.7 Å². The fourth-order valence-electron chi connectivity index (χ4n) is 1.42. The first-order valence-electron chi connectivity index (χ1n) is 4.57. The van der Waals surface area contributed by atoms with Gasteiger partial charge in [-0.3, -0.25) is 4.79 Å². The van der Waals surface area contributed by atoms with E-state index in [2.05, 4.69) is 0 Å². The Balaban J connectivity index is 2.66. The first-order chi connectivity index (χ1) is 5.95. The molecule has 0 saturated carbocycles. The number of nitrogens with two attached hydrogens (primary N) is 1. The van der Waals surface area contributed by atoms with E-state index in [9.17, 15) is 4.79 Å². The van der Waals surface area contributed by atoms with Crippen LogP contribution in [0.3, 0.4) is 0 Å². The largest absolute Gasteiger partial charge is 0.365 e. The second-order valence-electron chi connectivity index (χ2n) is 4.34. The van der Waals surface area contributed by atoms with Gasteiger partial charge in [0.1, 0.15) is 6.61 Å². The number of hydrogen-bond acceptors (Lipinski definition) is 3. The number of rotatable bonds is 1. The van der Waals surface area contributed by atoms with Crippen molar-refractivity contribution < 1.29 is 9.53 Å². The van der Waals surface area contributed by atoms with Gasteiger partial charge in [-0.1, -0.05) is 0 Å². The first kappa shape index (κ1) is 10.5. The smallest absolute Gasteiger partial charge is 0.249 e. The van der Waals surface area contributed by atoms with Crippen molar-refractivity contribution >= 4 is 5.91 Å². The number of ether oxygens (including phenoxy) is 1. The van der Waals surface area contributed by atoms with Crippen molar-refractivity contribution in [2.24, 2.45) is 5.73 Å². The van der Waals surface area contributed by atoms with Crippen LogP contribution in [0.2, 0.25) is 0 Å². The van der Waals surface area contributed by atoms with Crippen LogP contribution in [0.25, 0.3) is 0 Å². The van der Waals surface area contributed by atoms with E-state index in [0.717, 1.165) is 0 Å². The summed E-state index contributed by atoms with van der Waals surface area (Å²) in [4.78, 5) is 13.3. The third kappa shape index (κ3) is 2.42. The molecule has 1 saturated heterocycles. The molecule has 1 heterocycles. The summed E-state index contributed by atoms with van der Waals surface area (Å²) in [6.07, 6.45) is -0.00285. The summed E-state index contributed by atoms with van der Waals surface area (Å²) in [5.74, 6) is 0.0530. The number of hydrogen-bond donors (Lipinski definition) is 1. The van der Waals surface area contributed by atoms with Gasteiger partial charge < -0.3 is 15.4 Å². The molecule has 4 nitrogen and oxygen atoms in total. The normalized spacial score (nSPS) is 25.1. The van der Waals surface area contributed by atoms with Gasteiger partial charge in [0.2, 0.25) is 5.91 Å². The third-order valence-electron chi connectivity index (χ3n) is 2.20. The van der Waals surface area contributed by atoms with Gasteiger partial charge in [0.25, 0.3) is 0 Å². The number of carbonyl (C=O) groups is 1. The van der Waals surface area contributed by atoms with Crippen molar-refractivity contribution in [1.82, 2.24) is 4.90 Å². The van der Waals surface area contributed by atoms with E-state index in [1.54, 1.807) is 0 Å². The molecule has 1 aliphatic heterocycles. The van der Waals surface area contributed by atoms with Crippen LogP contribution in [0.1, 0.15) is 20.8 Å². The van der Waals surface area contributed by atoms with Gasteiger partial charge in [-0.15, -0.1) is 0 Å². The Morgan fingerprint density at radius 3 is 2.69 bits per heavy atom. The zero-order valence-corrected chi connectivity index (χ0v) is 8.54. The second kappa shape index (κ2) is 3.64. The van der Waals surface area contributed by atoms with Crippen LogP contribution in [0, 0.1) is 0 Å². The molecule has 1 aliphatic rings. The average Bonchev–Trinajstić information content (AvgIpc) is 2.03. The monoisotopic (exact) mass is 186 g/mol. The zero-order chi connectivity index (χ0) is 10.1. The SMILES string of the molecule is CC(C)(C)N1CC(CN)OCC1=O. The number of nitrogens with zero attached hydrogens (tertiary/aromatic N) is 1. The van der Waals surface area contributed by atoms with Gasteiger partial charge >= 0.3 is 0 Å². The molecular formula is C9H18N2O2. The van der Waals surface area contributed by atoms with Crippen LogP contribution in [-0.2, 0) is 9.53 Å². The minimum absolute atomic E-state index is 0.00285. The molecule has 1 unspecified atom stereocenters. The van der Waals surface area contributed by atoms with Crippen molar-refractivity contribution in [3.05, 3.63) is 0 Å². The van der Waals surface area contributed by atoms with Crippen molar-refractivity contribution in [1.29, 1.82) is 0 Å². The predicted octanol–water partition coefficient (Wildman–Crippen LogP) is -0.0290. The van der Waals surface area contributed by atoms with Crippen LogP contribution in [0.5, 0.6) is 0 Å². The number of carbonyl (C=O) groups excluding carboxylic acids is 1. The summed E-state index contributed by atoms with van der Waals surface area (Å²) in [5, 5.41) is 0. The second-order valence-corrected chi connectivity index (χ2v) is 4.34. The molecule has 0 aliphatic carbocycles. The molecule has 0 aromatic heterocycles. The van der Waals surface area contributed by atoms with Crippen LogP contribution in [0.15, 0.2) is 0 Å². The van der Waals surface area contributed by atoms with Crippen LogP contribution in [-0.4, -0.2) is 42.1 Å². The topological polar surface area (TPSA) is 55.6 Å². The highest BCUT2D eigenvalue weighted by Gasteiger charge is 2.32. The number of morpholine rings is 1. The molecule has 76 valence electrons. The minimum Gasteiger partial charge on any atom is -0.365 e. The molecule has 1 amide bonds. The van der Waals surface area contributed by atoms with E-state index in [-0.39, 0.29) is 24.2 Å². The Bertz CT molecular complexity index is 198. The maximum absolute atomic E-state index is 11.5. The quantitative estimate of drug-likeness (QED) is 0.625. The summed E-state index contributed by atoms with van der Waals surface area (Å²) < 4.78 is 5.25. The molecule has 0 spiro atoms. The molecule has 1 atom stereocenters. The molecule has 0 aromatic carbocycles. The first-order valence-corrected chi connectivity index (χ1v) is 4.57. The molecule has 1 fully saturated rings. The van der Waals surface area contributed by atoms with E-state index >= 15 is 0 Å². The summed E-state index contributed by atoms with van der Waals surface area (Å²) in [7, 11) is 0. The summed E-state index contributed by atoms with van der Waals surface area (Å²) in [6, 6.07) is 0. The number of amides is 1.